The van der Waals surface area contributed by atoms with Crippen molar-refractivity contribution >= 4 is 53.6 Å². The predicted octanol–water partition coefficient (Wildman–Crippen LogP) is 4.03. The van der Waals surface area contributed by atoms with Crippen molar-refractivity contribution in [3.05, 3.63) is 33.8 Å². The molecule has 1 aromatic carbocycles. The zero-order valence-electron chi connectivity index (χ0n) is 6.53. The van der Waals surface area contributed by atoms with Crippen molar-refractivity contribution in [2.75, 3.05) is 0 Å². The Morgan fingerprint density at radius 1 is 1.21 bits per heavy atom. The first-order chi connectivity index (χ1) is 6.43. The van der Waals surface area contributed by atoms with Crippen molar-refractivity contribution in [1.29, 1.82) is 0 Å². The number of Topliss-reactive ketones (excluding diaryl/α,β-unsaturated/α-hetero) is 1. The lowest BCUT2D eigenvalue weighted by Crippen LogP contribution is -2.12. The number of rotatable bonds is 2. The van der Waals surface area contributed by atoms with Crippen LogP contribution in [0.2, 0.25) is 0 Å². The van der Waals surface area contributed by atoms with Gasteiger partial charge in [0.1, 0.15) is 15.4 Å². The molecule has 0 aliphatic rings. The van der Waals surface area contributed by atoms with Gasteiger partial charge in [-0.3, -0.25) is 4.79 Å². The first kappa shape index (κ1) is 12.3. The minimum atomic E-state index is -0.884. The molecule has 0 heterocycles. The third kappa shape index (κ3) is 2.61. The Balaban J connectivity index is 3.28. The Morgan fingerprint density at radius 2 is 1.64 bits per heavy atom. The molecule has 0 aliphatic heterocycles. The van der Waals surface area contributed by atoms with E-state index in [9.17, 15) is 13.6 Å². The summed E-state index contributed by atoms with van der Waals surface area (Å²) < 4.78 is 25.8. The third-order valence-corrected chi connectivity index (χ3v) is 2.74. The highest BCUT2D eigenvalue weighted by molar-refractivity contribution is 9.25. The molecule has 6 heteroatoms. The van der Waals surface area contributed by atoms with Gasteiger partial charge in [0, 0.05) is 4.47 Å². The highest BCUT2D eigenvalue weighted by atomic mass is 79.9. The maximum absolute atomic E-state index is 13.2. The van der Waals surface area contributed by atoms with Crippen LogP contribution >= 0.6 is 47.8 Å². The lowest BCUT2D eigenvalue weighted by molar-refractivity contribution is 0.100. The number of alkyl halides is 2. The second-order valence-corrected chi connectivity index (χ2v) is 6.39. The van der Waals surface area contributed by atoms with E-state index in [1.807, 2.05) is 0 Å². The Morgan fingerprint density at radius 3 is 2.00 bits per heavy atom. The fourth-order valence-corrected chi connectivity index (χ4v) is 1.75. The van der Waals surface area contributed by atoms with Gasteiger partial charge in [0.05, 0.1) is 5.56 Å². The molecule has 76 valence electrons. The van der Waals surface area contributed by atoms with Crippen LogP contribution in [-0.4, -0.2) is 9.52 Å². The summed E-state index contributed by atoms with van der Waals surface area (Å²) in [7, 11) is 0. The molecule has 0 aromatic heterocycles. The fraction of sp³-hybridized carbons (Fsp3) is 0.125. The van der Waals surface area contributed by atoms with Crippen LogP contribution in [0, 0.1) is 11.6 Å². The molecule has 1 rings (SSSR count). The van der Waals surface area contributed by atoms with Crippen LogP contribution in [0.25, 0.3) is 0 Å². The Kier molecular flexibility index (Phi) is 4.21. The zero-order chi connectivity index (χ0) is 10.9. The molecule has 0 amide bonds. The standard InChI is InChI=1S/C8H3Br3F2O/c9-3-1-4(12)6(5(13)2-3)7(14)8(10)11/h1-2,8H. The summed E-state index contributed by atoms with van der Waals surface area (Å²) in [5, 5.41) is 0. The van der Waals surface area contributed by atoms with Gasteiger partial charge in [-0.2, -0.15) is 0 Å². The normalized spacial score (nSPS) is 10.7. The molecule has 0 spiro atoms. The minimum absolute atomic E-state index is 0.254. The summed E-state index contributed by atoms with van der Waals surface area (Å²) in [4.78, 5) is 11.3. The molecule has 0 unspecified atom stereocenters. The Labute approximate surface area is 104 Å². The third-order valence-electron chi connectivity index (χ3n) is 1.45. The zero-order valence-corrected chi connectivity index (χ0v) is 11.3. The van der Waals surface area contributed by atoms with Gasteiger partial charge >= 0.3 is 0 Å². The monoisotopic (exact) mass is 390 g/mol. The summed E-state index contributed by atoms with van der Waals surface area (Å²) >= 11 is 8.69. The SMILES string of the molecule is O=C(c1c(F)cc(Br)cc1F)C(Br)Br. The summed E-state index contributed by atoms with van der Waals surface area (Å²) in [6.07, 6.45) is 0. The molecular weight excluding hydrogens is 390 g/mol. The minimum Gasteiger partial charge on any atom is -0.292 e. The number of benzene rings is 1. The second kappa shape index (κ2) is 4.81. The molecular formula is C8H3Br3F2O. The first-order valence-electron chi connectivity index (χ1n) is 3.40. The number of carbonyl (C=O) groups excluding carboxylic acids is 1. The van der Waals surface area contributed by atoms with Gasteiger partial charge in [0.2, 0.25) is 0 Å². The number of hydrogen-bond donors (Lipinski definition) is 0. The van der Waals surface area contributed by atoms with Gasteiger partial charge in [-0.1, -0.05) is 47.8 Å². The van der Waals surface area contributed by atoms with Gasteiger partial charge in [-0.25, -0.2) is 8.78 Å². The molecule has 1 nitrogen and oxygen atoms in total. The van der Waals surface area contributed by atoms with Crippen LogP contribution in [-0.2, 0) is 0 Å². The van der Waals surface area contributed by atoms with E-state index in [1.165, 1.54) is 0 Å². The summed E-state index contributed by atoms with van der Waals surface area (Å²) in [5.74, 6) is -2.45. The number of halogens is 5. The van der Waals surface area contributed by atoms with E-state index >= 15 is 0 Å². The molecule has 14 heavy (non-hydrogen) atoms. The quantitative estimate of drug-likeness (QED) is 0.548. The summed E-state index contributed by atoms with van der Waals surface area (Å²) in [5.41, 5.74) is -0.549. The van der Waals surface area contributed by atoms with E-state index in [2.05, 4.69) is 47.8 Å². The molecule has 0 fully saturated rings. The maximum Gasteiger partial charge on any atom is 0.193 e. The van der Waals surface area contributed by atoms with E-state index in [1.54, 1.807) is 0 Å². The molecule has 0 bridgehead atoms. The van der Waals surface area contributed by atoms with Gasteiger partial charge in [-0.15, -0.1) is 0 Å². The summed E-state index contributed by atoms with van der Waals surface area (Å²) in [6, 6.07) is 2.08. The van der Waals surface area contributed by atoms with Gasteiger partial charge in [0.15, 0.2) is 5.78 Å². The van der Waals surface area contributed by atoms with Crippen LogP contribution in [0.5, 0.6) is 0 Å². The lowest BCUT2D eigenvalue weighted by atomic mass is 10.1. The second-order valence-electron chi connectivity index (χ2n) is 2.41. The van der Waals surface area contributed by atoms with Crippen molar-refractivity contribution in [3.63, 3.8) is 0 Å². The predicted molar refractivity (Wildman–Crippen MR) is 60.0 cm³/mol. The lowest BCUT2D eigenvalue weighted by Gasteiger charge is -2.05. The van der Waals surface area contributed by atoms with Crippen molar-refractivity contribution in [2.24, 2.45) is 0 Å². The summed E-state index contributed by atoms with van der Waals surface area (Å²) in [6.45, 7) is 0. The number of hydrogen-bond acceptors (Lipinski definition) is 1. The first-order valence-corrected chi connectivity index (χ1v) is 6.03. The van der Waals surface area contributed by atoms with E-state index in [4.69, 9.17) is 0 Å². The van der Waals surface area contributed by atoms with Crippen LogP contribution in [0.3, 0.4) is 0 Å². The molecule has 0 aliphatic carbocycles. The number of carbonyl (C=O) groups is 1. The molecule has 0 saturated heterocycles. The van der Waals surface area contributed by atoms with E-state index < -0.39 is 26.7 Å². The van der Waals surface area contributed by atoms with Crippen molar-refractivity contribution in [3.8, 4) is 0 Å². The maximum atomic E-state index is 13.2. The van der Waals surface area contributed by atoms with Gasteiger partial charge in [-0.05, 0) is 12.1 Å². The van der Waals surface area contributed by atoms with Gasteiger partial charge < -0.3 is 0 Å². The Bertz CT molecular complexity index is 356. The molecule has 1 aromatic rings. The highest BCUT2D eigenvalue weighted by Gasteiger charge is 2.22. The van der Waals surface area contributed by atoms with Crippen LogP contribution in [0.1, 0.15) is 10.4 Å². The van der Waals surface area contributed by atoms with E-state index in [-0.39, 0.29) is 4.47 Å². The van der Waals surface area contributed by atoms with Gasteiger partial charge in [0.25, 0.3) is 0 Å². The van der Waals surface area contributed by atoms with Crippen LogP contribution < -0.4 is 0 Å². The molecule has 0 atom stereocenters. The highest BCUT2D eigenvalue weighted by Crippen LogP contribution is 2.24. The largest absolute Gasteiger partial charge is 0.292 e. The average Bonchev–Trinajstić information content (AvgIpc) is 2.01. The van der Waals surface area contributed by atoms with Crippen molar-refractivity contribution in [2.45, 2.75) is 3.74 Å². The van der Waals surface area contributed by atoms with Crippen LogP contribution in [0.15, 0.2) is 16.6 Å². The fourth-order valence-electron chi connectivity index (χ4n) is 0.887. The smallest absolute Gasteiger partial charge is 0.193 e. The van der Waals surface area contributed by atoms with Crippen molar-refractivity contribution in [1.82, 2.24) is 0 Å². The topological polar surface area (TPSA) is 17.1 Å². The van der Waals surface area contributed by atoms with E-state index in [0.29, 0.717) is 0 Å². The van der Waals surface area contributed by atoms with Crippen LogP contribution in [0.4, 0.5) is 8.78 Å². The molecule has 0 radical (unpaired) electrons. The molecule has 0 N–H and O–H groups in total. The van der Waals surface area contributed by atoms with E-state index in [0.717, 1.165) is 12.1 Å². The number of ketones is 1. The van der Waals surface area contributed by atoms with Crippen molar-refractivity contribution < 1.29 is 13.6 Å². The molecule has 0 saturated carbocycles. The Hall–Kier alpha value is 0.190. The average molecular weight is 393 g/mol.